The number of aliphatic hydroxyl groups excluding tert-OH is 1. The summed E-state index contributed by atoms with van der Waals surface area (Å²) in [4.78, 5) is 18.6. The molecule has 1 aromatic heterocycles. The summed E-state index contributed by atoms with van der Waals surface area (Å²) in [5, 5.41) is 10.9. The van der Waals surface area contributed by atoms with E-state index in [1.165, 1.54) is 19.6 Å². The fourth-order valence-corrected chi connectivity index (χ4v) is 7.33. The molecule has 1 aromatic rings. The lowest BCUT2D eigenvalue weighted by atomic mass is 9.85. The van der Waals surface area contributed by atoms with Gasteiger partial charge in [0.05, 0.1) is 11.1 Å². The third-order valence-corrected chi connectivity index (χ3v) is 8.87. The molecule has 38 heavy (non-hydrogen) atoms. The van der Waals surface area contributed by atoms with Crippen molar-refractivity contribution in [3.05, 3.63) is 78.0 Å². The number of aliphatic hydroxyl groups is 1. The molecule has 0 unspecified atom stereocenters. The summed E-state index contributed by atoms with van der Waals surface area (Å²) in [5.41, 5.74) is 2.89. The average Bonchev–Trinajstić information content (AvgIpc) is 2.82. The number of carbonyl (C=O) groups is 1. The molecule has 1 aliphatic carbocycles. The van der Waals surface area contributed by atoms with E-state index in [9.17, 15) is 9.90 Å². The zero-order valence-electron chi connectivity index (χ0n) is 24.7. The van der Waals surface area contributed by atoms with Crippen LogP contribution in [-0.2, 0) is 17.6 Å². The average molecular weight is 552 g/mol. The molecule has 2 nitrogen and oxygen atoms in total. The van der Waals surface area contributed by atoms with Gasteiger partial charge in [0.15, 0.2) is 0 Å². The molecule has 0 fully saturated rings. The second kappa shape index (κ2) is 13.9. The number of rotatable bonds is 12. The fraction of sp³-hybridized carbons (Fsp3) is 0.529. The van der Waals surface area contributed by atoms with Crippen molar-refractivity contribution in [2.24, 2.45) is 23.7 Å². The molecule has 0 saturated heterocycles. The minimum absolute atomic E-state index is 0.0640. The Morgan fingerprint density at radius 1 is 0.789 bits per heavy atom. The van der Waals surface area contributed by atoms with Gasteiger partial charge in [0, 0.05) is 25.0 Å². The first-order valence-corrected chi connectivity index (χ1v) is 16.0. The van der Waals surface area contributed by atoms with Gasteiger partial charge < -0.3 is 5.11 Å². The molecule has 0 bridgehead atoms. The second-order valence-corrected chi connectivity index (χ2v) is 15.0. The number of carbonyl (C=O) groups excluding carboxylic acids is 1. The van der Waals surface area contributed by atoms with E-state index in [1.807, 2.05) is 35.3 Å². The Hall–Kier alpha value is -1.91. The van der Waals surface area contributed by atoms with Crippen LogP contribution in [0.4, 0.5) is 0 Å². The van der Waals surface area contributed by atoms with Gasteiger partial charge >= 0.3 is 0 Å². The number of thioether (sulfide) groups is 1. The molecule has 0 aromatic carbocycles. The van der Waals surface area contributed by atoms with Gasteiger partial charge in [0.25, 0.3) is 0 Å². The van der Waals surface area contributed by atoms with Crippen LogP contribution in [0.15, 0.2) is 62.6 Å². The summed E-state index contributed by atoms with van der Waals surface area (Å²) in [7, 11) is 0. The number of Topliss-reactive ketones (excluding diaryl/α,β-unsaturated/α-hetero) is 1. The van der Waals surface area contributed by atoms with E-state index in [4.69, 9.17) is 0 Å². The number of hydrogen-bond acceptors (Lipinski definition) is 3. The Bertz CT molecular complexity index is 1170. The maximum absolute atomic E-state index is 13.2. The molecule has 1 N–H and O–H groups in total. The lowest BCUT2D eigenvalue weighted by Crippen LogP contribution is -2.21. The van der Waals surface area contributed by atoms with E-state index in [0.717, 1.165) is 49.7 Å². The molecule has 2 heterocycles. The van der Waals surface area contributed by atoms with Crippen LogP contribution in [0, 0.1) is 23.7 Å². The highest BCUT2D eigenvalue weighted by Crippen LogP contribution is 2.40. The molecule has 4 heteroatoms. The summed E-state index contributed by atoms with van der Waals surface area (Å²) in [6, 6.07) is 4.39. The zero-order chi connectivity index (χ0) is 28.0. The van der Waals surface area contributed by atoms with Crippen molar-refractivity contribution in [3.8, 4) is 0 Å². The van der Waals surface area contributed by atoms with Gasteiger partial charge in [-0.2, -0.15) is 0 Å². The van der Waals surface area contributed by atoms with Crippen molar-refractivity contribution in [2.75, 3.05) is 0 Å². The summed E-state index contributed by atoms with van der Waals surface area (Å²) in [5.74, 6) is 2.52. The van der Waals surface area contributed by atoms with Gasteiger partial charge in [-0.05, 0) is 94.6 Å². The quantitative estimate of drug-likeness (QED) is 0.207. The fourth-order valence-electron chi connectivity index (χ4n) is 4.61. The molecular formula is C34H47O2S2+. The zero-order valence-corrected chi connectivity index (χ0v) is 26.3. The van der Waals surface area contributed by atoms with Crippen LogP contribution < -0.4 is 0 Å². The molecule has 3 rings (SSSR count). The van der Waals surface area contributed by atoms with E-state index >= 15 is 0 Å². The first-order valence-electron chi connectivity index (χ1n) is 14.4. The van der Waals surface area contributed by atoms with Crippen LogP contribution in [0.1, 0.15) is 96.4 Å². The van der Waals surface area contributed by atoms with Crippen LogP contribution >= 0.6 is 23.1 Å². The van der Waals surface area contributed by atoms with Gasteiger partial charge in [-0.3, -0.25) is 4.79 Å². The lowest BCUT2D eigenvalue weighted by Gasteiger charge is -2.22. The molecule has 0 radical (unpaired) electrons. The highest BCUT2D eigenvalue weighted by molar-refractivity contribution is 8.06. The third-order valence-electron chi connectivity index (χ3n) is 6.61. The Labute approximate surface area is 239 Å². The van der Waals surface area contributed by atoms with Crippen LogP contribution in [0.5, 0.6) is 0 Å². The van der Waals surface area contributed by atoms with Crippen molar-refractivity contribution in [3.63, 3.8) is 0 Å². The van der Waals surface area contributed by atoms with Gasteiger partial charge in [0.1, 0.15) is 5.76 Å². The summed E-state index contributed by atoms with van der Waals surface area (Å²) >= 11 is 3.76. The maximum atomic E-state index is 13.2. The predicted molar refractivity (Wildman–Crippen MR) is 168 cm³/mol. The Balaban J connectivity index is 1.91. The molecule has 0 saturated carbocycles. The minimum atomic E-state index is -0.0640. The molecule has 1 aliphatic heterocycles. The standard InChI is InChI=1S/C34H46O2S2/c1-21(2)9-11-27-15-25(17-29(37-27)13-23(5)6)19-31-33(35)32(34(31)36)20-26-16-28(12-10-22(3)4)38-30(18-26)14-24(7)8/h15-24H,9-14H2,1-8H3/p+1. The minimum Gasteiger partial charge on any atom is -0.506 e. The SMILES string of the molecule is CC(C)CCC1=CC(=CC2=C(O)C(=Cc3cc(CCC(C)C)[s+]c(CC(C)C)c3)C2=O)C=C(CC(C)C)S1. The summed E-state index contributed by atoms with van der Waals surface area (Å²) < 4.78 is 0. The van der Waals surface area contributed by atoms with Gasteiger partial charge in [-0.25, -0.2) is 0 Å². The number of ketones is 1. The highest BCUT2D eigenvalue weighted by atomic mass is 32.2. The van der Waals surface area contributed by atoms with E-state index in [-0.39, 0.29) is 11.5 Å². The number of hydrogen-bond donors (Lipinski definition) is 1. The van der Waals surface area contributed by atoms with Crippen LogP contribution in [0.2, 0.25) is 0 Å². The van der Waals surface area contributed by atoms with Crippen molar-refractivity contribution in [1.29, 1.82) is 0 Å². The molecule has 0 amide bonds. The normalized spacial score (nSPS) is 18.4. The second-order valence-electron chi connectivity index (χ2n) is 12.5. The van der Waals surface area contributed by atoms with E-state index < -0.39 is 0 Å². The van der Waals surface area contributed by atoms with Crippen LogP contribution in [-0.4, -0.2) is 10.9 Å². The first-order chi connectivity index (χ1) is 17.9. The summed E-state index contributed by atoms with van der Waals surface area (Å²) in [6.45, 7) is 18.0. The van der Waals surface area contributed by atoms with Crippen LogP contribution in [0.3, 0.4) is 0 Å². The molecule has 0 atom stereocenters. The van der Waals surface area contributed by atoms with Crippen molar-refractivity contribution >= 4 is 35.0 Å². The van der Waals surface area contributed by atoms with Crippen molar-refractivity contribution in [2.45, 2.75) is 93.9 Å². The number of allylic oxidation sites excluding steroid dienone is 8. The Kier molecular flexibility index (Phi) is 11.2. The summed E-state index contributed by atoms with van der Waals surface area (Å²) in [6.07, 6.45) is 14.6. The Morgan fingerprint density at radius 3 is 2.00 bits per heavy atom. The van der Waals surface area contributed by atoms with Gasteiger partial charge in [0.2, 0.25) is 26.9 Å². The lowest BCUT2D eigenvalue weighted by molar-refractivity contribution is -0.113. The molecule has 0 spiro atoms. The van der Waals surface area contributed by atoms with Gasteiger partial charge in [-0.15, -0.1) is 0 Å². The molecule has 206 valence electrons. The Morgan fingerprint density at radius 2 is 1.39 bits per heavy atom. The number of aryl methyl sites for hydroxylation is 1. The smallest absolute Gasteiger partial charge is 0.218 e. The highest BCUT2D eigenvalue weighted by Gasteiger charge is 2.33. The predicted octanol–water partition coefficient (Wildman–Crippen LogP) is 10.5. The van der Waals surface area contributed by atoms with Gasteiger partial charge in [-0.1, -0.05) is 67.2 Å². The van der Waals surface area contributed by atoms with E-state index in [2.05, 4.69) is 79.7 Å². The third kappa shape index (κ3) is 9.09. The first kappa shape index (κ1) is 30.6. The van der Waals surface area contributed by atoms with E-state index in [0.29, 0.717) is 34.8 Å². The maximum Gasteiger partial charge on any atom is 0.218 e. The largest absolute Gasteiger partial charge is 0.506 e. The van der Waals surface area contributed by atoms with Crippen molar-refractivity contribution in [1.82, 2.24) is 0 Å². The monoisotopic (exact) mass is 551 g/mol. The van der Waals surface area contributed by atoms with Crippen LogP contribution in [0.25, 0.3) is 6.08 Å². The van der Waals surface area contributed by atoms with Crippen molar-refractivity contribution < 1.29 is 9.90 Å². The molecule has 2 aliphatic rings. The topological polar surface area (TPSA) is 37.3 Å². The molecular weight excluding hydrogens is 505 g/mol. The van der Waals surface area contributed by atoms with E-state index in [1.54, 1.807) is 0 Å².